The van der Waals surface area contributed by atoms with Gasteiger partial charge in [0.15, 0.2) is 0 Å². The van der Waals surface area contributed by atoms with Gasteiger partial charge in [0.2, 0.25) is 0 Å². The molecule has 0 aliphatic rings. The number of rotatable bonds is 8. The Morgan fingerprint density at radius 1 is 0.593 bits per heavy atom. The lowest BCUT2D eigenvalue weighted by Crippen LogP contribution is -2.17. The van der Waals surface area contributed by atoms with Gasteiger partial charge in [0, 0.05) is 17.3 Å². The van der Waals surface area contributed by atoms with Crippen LogP contribution in [0.1, 0.15) is 16.7 Å². The quantitative estimate of drug-likeness (QED) is 0.531. The highest BCUT2D eigenvalue weighted by Gasteiger charge is 2.32. The van der Waals surface area contributed by atoms with E-state index in [1.807, 2.05) is 91.0 Å². The van der Waals surface area contributed by atoms with E-state index in [1.165, 1.54) is 0 Å². The summed E-state index contributed by atoms with van der Waals surface area (Å²) in [6.45, 7) is 0. The molecule has 3 rings (SSSR count). The van der Waals surface area contributed by atoms with Crippen molar-refractivity contribution >= 4 is 20.7 Å². The maximum absolute atomic E-state index is 11.8. The topological polar surface area (TPSA) is 63.6 Å². The monoisotopic (exact) mass is 402 g/mol. The van der Waals surface area contributed by atoms with Crippen molar-refractivity contribution in [1.29, 1.82) is 0 Å². The molecule has 0 aliphatic heterocycles. The molecule has 0 fully saturated rings. The van der Waals surface area contributed by atoms with Crippen LogP contribution < -0.4 is 0 Å². The largest absolute Gasteiger partial charge is 0.406 e. The van der Waals surface area contributed by atoms with Crippen molar-refractivity contribution in [3.63, 3.8) is 0 Å². The lowest BCUT2D eigenvalue weighted by Gasteiger charge is -2.38. The molecule has 0 heterocycles. The van der Waals surface area contributed by atoms with Gasteiger partial charge in [-0.2, -0.15) is 12.0 Å². The zero-order valence-corrected chi connectivity index (χ0v) is 16.4. The molecule has 27 heavy (non-hydrogen) atoms. The summed E-state index contributed by atoms with van der Waals surface area (Å²) in [5.41, 5.74) is 2.93. The first-order valence-corrected chi connectivity index (χ1v) is 11.9. The molecule has 1 N–H and O–H groups in total. The Labute approximate surface area is 162 Å². The molecule has 0 aliphatic carbocycles. The van der Waals surface area contributed by atoms with E-state index >= 15 is 0 Å². The molecule has 0 bridgehead atoms. The predicted molar refractivity (Wildman–Crippen MR) is 111 cm³/mol. The van der Waals surface area contributed by atoms with Crippen molar-refractivity contribution < 1.29 is 16.6 Å². The second-order valence-corrected chi connectivity index (χ2v) is 10.5. The molecule has 0 amide bonds. The van der Waals surface area contributed by atoms with Gasteiger partial charge in [0.05, 0.1) is 0 Å². The predicted octanol–water partition coefficient (Wildman–Crippen LogP) is 5.13. The van der Waals surface area contributed by atoms with Crippen LogP contribution in [0, 0.1) is 0 Å². The lowest BCUT2D eigenvalue weighted by atomic mass is 10.2. The number of benzene rings is 3. The first-order valence-electron chi connectivity index (χ1n) is 8.51. The Morgan fingerprint density at radius 2 is 0.889 bits per heavy atom. The van der Waals surface area contributed by atoms with E-state index in [2.05, 4.69) is 0 Å². The molecule has 0 saturated heterocycles. The summed E-state index contributed by atoms with van der Waals surface area (Å²) in [6, 6.07) is 28.9. The van der Waals surface area contributed by atoms with Gasteiger partial charge in [-0.25, -0.2) is 0 Å². The zero-order valence-electron chi connectivity index (χ0n) is 14.8. The highest BCUT2D eigenvalue weighted by atomic mass is 32.3. The molecule has 3 aromatic rings. The fourth-order valence-corrected chi connectivity index (χ4v) is 7.78. The maximum Gasteiger partial charge on any atom is 0.406 e. The van der Waals surface area contributed by atoms with E-state index in [4.69, 9.17) is 3.63 Å². The summed E-state index contributed by atoms with van der Waals surface area (Å²) in [5.74, 6) is 1.28. The molecule has 6 heteroatoms. The molecule has 0 saturated carbocycles. The average molecular weight is 403 g/mol. The Balaban J connectivity index is 2.03. The molecule has 0 spiro atoms. The van der Waals surface area contributed by atoms with E-state index in [1.54, 1.807) is 0 Å². The number of hydrogen-bond acceptors (Lipinski definition) is 3. The fraction of sp³-hybridized carbons (Fsp3) is 0.143. The van der Waals surface area contributed by atoms with Crippen molar-refractivity contribution in [1.82, 2.24) is 0 Å². The lowest BCUT2D eigenvalue weighted by molar-refractivity contribution is 0.401. The molecule has 0 atom stereocenters. The molecular formula is C21H22O4S2. The van der Waals surface area contributed by atoms with Gasteiger partial charge >= 0.3 is 10.4 Å². The van der Waals surface area contributed by atoms with Gasteiger partial charge in [-0.3, -0.25) is 4.55 Å². The maximum atomic E-state index is 11.8. The fourth-order valence-electron chi connectivity index (χ4n) is 3.04. The Bertz CT molecular complexity index is 842. The van der Waals surface area contributed by atoms with Crippen LogP contribution in [0.2, 0.25) is 0 Å². The number of hydrogen-bond donors (Lipinski definition) is 1. The van der Waals surface area contributed by atoms with Crippen LogP contribution in [0.25, 0.3) is 0 Å². The first kappa shape index (κ1) is 19.6. The standard InChI is InChI=1S/C21H22O4S2/c22-27(23,24)25-26(16-19-10-4-1-5-11-19,17-20-12-6-2-7-13-20)18-21-14-8-3-9-15-21/h1-15H,16-18H2,(H,22,23,24). The van der Waals surface area contributed by atoms with Gasteiger partial charge in [0.1, 0.15) is 0 Å². The summed E-state index contributed by atoms with van der Waals surface area (Å²) in [6.07, 6.45) is 0. The van der Waals surface area contributed by atoms with Crippen molar-refractivity contribution in [3.05, 3.63) is 108 Å². The SMILES string of the molecule is O=S(=O)(O)OS(Cc1ccccc1)(Cc1ccccc1)Cc1ccccc1. The van der Waals surface area contributed by atoms with Crippen LogP contribution in [0.4, 0.5) is 0 Å². The summed E-state index contributed by atoms with van der Waals surface area (Å²) in [4.78, 5) is 0. The second kappa shape index (κ2) is 8.71. The van der Waals surface area contributed by atoms with E-state index < -0.39 is 20.7 Å². The minimum Gasteiger partial charge on any atom is -0.263 e. The minimum absolute atomic E-state index is 0.428. The van der Waals surface area contributed by atoms with Crippen LogP contribution in [0.3, 0.4) is 0 Å². The third-order valence-corrected chi connectivity index (χ3v) is 8.47. The van der Waals surface area contributed by atoms with Crippen LogP contribution >= 0.6 is 10.3 Å². The van der Waals surface area contributed by atoms with E-state index in [-0.39, 0.29) is 0 Å². The molecular weight excluding hydrogens is 380 g/mol. The molecule has 0 unspecified atom stereocenters. The van der Waals surface area contributed by atoms with Gasteiger partial charge < -0.3 is 0 Å². The molecule has 0 radical (unpaired) electrons. The van der Waals surface area contributed by atoms with Crippen molar-refractivity contribution in [3.8, 4) is 0 Å². The normalized spacial score (nSPS) is 12.6. The Hall–Kier alpha value is -2.12. The summed E-state index contributed by atoms with van der Waals surface area (Å²) in [7, 11) is -6.86. The first-order chi connectivity index (χ1) is 12.9. The molecule has 142 valence electrons. The Kier molecular flexibility index (Phi) is 6.34. The molecule has 4 nitrogen and oxygen atoms in total. The van der Waals surface area contributed by atoms with Crippen molar-refractivity contribution in [2.75, 3.05) is 0 Å². The molecule has 0 aromatic heterocycles. The highest BCUT2D eigenvalue weighted by Crippen LogP contribution is 2.58. The van der Waals surface area contributed by atoms with E-state index in [9.17, 15) is 13.0 Å². The second-order valence-electron chi connectivity index (χ2n) is 6.35. The summed E-state index contributed by atoms with van der Waals surface area (Å²) >= 11 is 0. The zero-order chi connectivity index (χ0) is 19.2. The highest BCUT2D eigenvalue weighted by molar-refractivity contribution is 8.30. The summed E-state index contributed by atoms with van der Waals surface area (Å²) < 4.78 is 38.5. The van der Waals surface area contributed by atoms with Crippen LogP contribution in [0.5, 0.6) is 0 Å². The van der Waals surface area contributed by atoms with Crippen LogP contribution in [0.15, 0.2) is 91.0 Å². The average Bonchev–Trinajstić information content (AvgIpc) is 2.62. The van der Waals surface area contributed by atoms with Gasteiger partial charge in [0.25, 0.3) is 0 Å². The third-order valence-electron chi connectivity index (χ3n) is 4.05. The van der Waals surface area contributed by atoms with Crippen LogP contribution in [-0.2, 0) is 31.3 Å². The van der Waals surface area contributed by atoms with Crippen LogP contribution in [-0.4, -0.2) is 13.0 Å². The van der Waals surface area contributed by atoms with E-state index in [0.717, 1.165) is 16.7 Å². The van der Waals surface area contributed by atoms with Gasteiger partial charge in [-0.15, -0.1) is 10.3 Å². The van der Waals surface area contributed by atoms with Gasteiger partial charge in [-0.05, 0) is 16.7 Å². The summed E-state index contributed by atoms with van der Waals surface area (Å²) in [5, 5.41) is 0. The Morgan fingerprint density at radius 3 is 1.15 bits per heavy atom. The third kappa shape index (κ3) is 6.22. The molecule has 3 aromatic carbocycles. The van der Waals surface area contributed by atoms with Gasteiger partial charge in [-0.1, -0.05) is 91.0 Å². The minimum atomic E-state index is -4.61. The smallest absolute Gasteiger partial charge is 0.263 e. The van der Waals surface area contributed by atoms with Crippen molar-refractivity contribution in [2.24, 2.45) is 0 Å². The van der Waals surface area contributed by atoms with Crippen molar-refractivity contribution in [2.45, 2.75) is 17.3 Å². The van der Waals surface area contributed by atoms with E-state index in [0.29, 0.717) is 17.3 Å².